The van der Waals surface area contributed by atoms with Crippen LogP contribution < -0.4 is 9.47 Å². The van der Waals surface area contributed by atoms with Crippen LogP contribution in [0.1, 0.15) is 13.8 Å². The lowest BCUT2D eigenvalue weighted by Gasteiger charge is -2.07. The Kier molecular flexibility index (Phi) is 5.86. The van der Waals surface area contributed by atoms with Gasteiger partial charge in [-0.1, -0.05) is 11.8 Å². The molecule has 23 heavy (non-hydrogen) atoms. The molecular formula is C15H18N2O5S. The summed E-state index contributed by atoms with van der Waals surface area (Å²) in [5.74, 6) is 1.31. The Balaban J connectivity index is 2.06. The largest absolute Gasteiger partial charge is 0.493 e. The zero-order valence-electron chi connectivity index (χ0n) is 13.4. The molecule has 8 heteroatoms. The van der Waals surface area contributed by atoms with E-state index in [4.69, 9.17) is 18.6 Å². The van der Waals surface area contributed by atoms with Crippen LogP contribution in [0.25, 0.3) is 11.5 Å². The third kappa shape index (κ3) is 4.62. The number of carbonyl (C=O) groups excluding carboxylic acids is 1. The van der Waals surface area contributed by atoms with Gasteiger partial charge in [0, 0.05) is 5.56 Å². The first-order valence-corrected chi connectivity index (χ1v) is 7.90. The number of nitrogens with zero attached hydrogens (tertiary/aromatic N) is 2. The van der Waals surface area contributed by atoms with Crippen molar-refractivity contribution in [3.63, 3.8) is 0 Å². The van der Waals surface area contributed by atoms with Crippen LogP contribution in [0.5, 0.6) is 11.5 Å². The topological polar surface area (TPSA) is 83.7 Å². The van der Waals surface area contributed by atoms with Crippen molar-refractivity contribution >= 4 is 17.7 Å². The summed E-state index contributed by atoms with van der Waals surface area (Å²) in [6.07, 6.45) is -0.145. The quantitative estimate of drug-likeness (QED) is 0.563. The maximum atomic E-state index is 11.5. The van der Waals surface area contributed by atoms with E-state index in [0.717, 1.165) is 11.8 Å². The van der Waals surface area contributed by atoms with Gasteiger partial charge in [-0.05, 0) is 32.0 Å². The van der Waals surface area contributed by atoms with Crippen LogP contribution in [-0.2, 0) is 9.53 Å². The molecule has 0 atom stereocenters. The molecule has 0 aliphatic rings. The first-order chi connectivity index (χ1) is 11.0. The SMILES string of the molecule is COc1ccc(-c2nnc(SCC(=O)OC(C)C)o2)cc1OC. The molecule has 1 aromatic heterocycles. The number of benzene rings is 1. The molecule has 0 aliphatic carbocycles. The molecule has 0 saturated carbocycles. The molecule has 2 aromatic rings. The van der Waals surface area contributed by atoms with Crippen molar-refractivity contribution < 1.29 is 23.4 Å². The standard InChI is InChI=1S/C15H18N2O5S/c1-9(2)21-13(18)8-23-15-17-16-14(22-15)10-5-6-11(19-3)12(7-10)20-4/h5-7,9H,8H2,1-4H3. The van der Waals surface area contributed by atoms with Gasteiger partial charge in [0.15, 0.2) is 11.5 Å². The minimum atomic E-state index is -0.323. The van der Waals surface area contributed by atoms with E-state index in [1.54, 1.807) is 46.3 Å². The van der Waals surface area contributed by atoms with Crippen molar-refractivity contribution in [3.05, 3.63) is 18.2 Å². The minimum absolute atomic E-state index is 0.117. The lowest BCUT2D eigenvalue weighted by molar-refractivity contribution is -0.144. The third-order valence-electron chi connectivity index (χ3n) is 2.72. The summed E-state index contributed by atoms with van der Waals surface area (Å²) < 4.78 is 21.0. The highest BCUT2D eigenvalue weighted by Crippen LogP contribution is 2.32. The maximum absolute atomic E-state index is 11.5. The second-order valence-corrected chi connectivity index (χ2v) is 5.70. The van der Waals surface area contributed by atoms with E-state index < -0.39 is 0 Å². The van der Waals surface area contributed by atoms with Gasteiger partial charge in [0.1, 0.15) is 5.75 Å². The number of esters is 1. The molecule has 1 aromatic carbocycles. The number of methoxy groups -OCH3 is 2. The first kappa shape index (κ1) is 17.1. The van der Waals surface area contributed by atoms with Gasteiger partial charge in [-0.15, -0.1) is 10.2 Å². The fraction of sp³-hybridized carbons (Fsp3) is 0.400. The van der Waals surface area contributed by atoms with Crippen LogP contribution in [-0.4, -0.2) is 42.2 Å². The van der Waals surface area contributed by atoms with Gasteiger partial charge in [-0.25, -0.2) is 0 Å². The van der Waals surface area contributed by atoms with Gasteiger partial charge >= 0.3 is 5.97 Å². The van der Waals surface area contributed by atoms with Gasteiger partial charge in [0.05, 0.1) is 20.3 Å². The number of rotatable bonds is 7. The summed E-state index contributed by atoms with van der Waals surface area (Å²) in [5, 5.41) is 8.18. The van der Waals surface area contributed by atoms with Crippen molar-refractivity contribution in [2.75, 3.05) is 20.0 Å². The average molecular weight is 338 g/mol. The smallest absolute Gasteiger partial charge is 0.316 e. The van der Waals surface area contributed by atoms with Gasteiger partial charge < -0.3 is 18.6 Å². The molecule has 0 aliphatic heterocycles. The van der Waals surface area contributed by atoms with E-state index in [-0.39, 0.29) is 17.8 Å². The van der Waals surface area contributed by atoms with Crippen molar-refractivity contribution in [1.29, 1.82) is 0 Å². The van der Waals surface area contributed by atoms with Gasteiger partial charge in [0.2, 0.25) is 5.89 Å². The molecule has 0 N–H and O–H groups in total. The molecule has 0 radical (unpaired) electrons. The fourth-order valence-electron chi connectivity index (χ4n) is 1.77. The Morgan fingerprint density at radius 2 is 1.96 bits per heavy atom. The minimum Gasteiger partial charge on any atom is -0.493 e. The van der Waals surface area contributed by atoms with Crippen molar-refractivity contribution in [1.82, 2.24) is 10.2 Å². The highest BCUT2D eigenvalue weighted by Gasteiger charge is 2.14. The molecular weight excluding hydrogens is 320 g/mol. The van der Waals surface area contributed by atoms with Crippen LogP contribution in [0.15, 0.2) is 27.8 Å². The molecule has 1 heterocycles. The molecule has 0 spiro atoms. The van der Waals surface area contributed by atoms with Gasteiger partial charge in [0.25, 0.3) is 5.22 Å². The molecule has 0 saturated heterocycles. The van der Waals surface area contributed by atoms with E-state index in [1.165, 1.54) is 0 Å². The Morgan fingerprint density at radius 1 is 1.22 bits per heavy atom. The number of aromatic nitrogens is 2. The predicted molar refractivity (Wildman–Crippen MR) is 84.8 cm³/mol. The van der Waals surface area contributed by atoms with E-state index in [0.29, 0.717) is 28.2 Å². The Labute approximate surface area is 138 Å². The second kappa shape index (κ2) is 7.87. The van der Waals surface area contributed by atoms with Crippen molar-refractivity contribution in [2.24, 2.45) is 0 Å². The molecule has 2 rings (SSSR count). The highest BCUT2D eigenvalue weighted by molar-refractivity contribution is 7.99. The number of thioether (sulfide) groups is 1. The summed E-state index contributed by atoms with van der Waals surface area (Å²) >= 11 is 1.13. The molecule has 0 amide bonds. The fourth-order valence-corrected chi connectivity index (χ4v) is 2.32. The number of hydrogen-bond donors (Lipinski definition) is 0. The van der Waals surface area contributed by atoms with Crippen LogP contribution >= 0.6 is 11.8 Å². The Morgan fingerprint density at radius 3 is 2.61 bits per heavy atom. The third-order valence-corrected chi connectivity index (χ3v) is 3.51. The van der Waals surface area contributed by atoms with E-state index in [2.05, 4.69) is 10.2 Å². The summed E-state index contributed by atoms with van der Waals surface area (Å²) in [4.78, 5) is 11.5. The summed E-state index contributed by atoms with van der Waals surface area (Å²) in [5.41, 5.74) is 0.701. The van der Waals surface area contributed by atoms with Crippen LogP contribution in [0.2, 0.25) is 0 Å². The van der Waals surface area contributed by atoms with Crippen LogP contribution in [0.3, 0.4) is 0 Å². The van der Waals surface area contributed by atoms with Crippen molar-refractivity contribution in [3.8, 4) is 23.0 Å². The van der Waals surface area contributed by atoms with E-state index in [9.17, 15) is 4.79 Å². The number of hydrogen-bond acceptors (Lipinski definition) is 8. The van der Waals surface area contributed by atoms with Crippen LogP contribution in [0.4, 0.5) is 0 Å². The highest BCUT2D eigenvalue weighted by atomic mass is 32.2. The van der Waals surface area contributed by atoms with Crippen LogP contribution in [0, 0.1) is 0 Å². The molecule has 0 fully saturated rings. The molecule has 0 unspecified atom stereocenters. The predicted octanol–water partition coefficient (Wildman–Crippen LogP) is 2.80. The lowest BCUT2D eigenvalue weighted by Crippen LogP contribution is -2.13. The lowest BCUT2D eigenvalue weighted by atomic mass is 10.2. The summed E-state index contributed by atoms with van der Waals surface area (Å²) in [6.45, 7) is 3.59. The Hall–Kier alpha value is -2.22. The van der Waals surface area contributed by atoms with Crippen molar-refractivity contribution in [2.45, 2.75) is 25.2 Å². The zero-order chi connectivity index (χ0) is 16.8. The molecule has 0 bridgehead atoms. The van der Waals surface area contributed by atoms with Gasteiger partial charge in [-0.3, -0.25) is 4.79 Å². The van der Waals surface area contributed by atoms with E-state index in [1.807, 2.05) is 0 Å². The Bertz CT molecular complexity index is 672. The number of carbonyl (C=O) groups is 1. The maximum Gasteiger partial charge on any atom is 0.316 e. The average Bonchev–Trinajstić information content (AvgIpc) is 3.00. The molecule has 124 valence electrons. The monoisotopic (exact) mass is 338 g/mol. The van der Waals surface area contributed by atoms with E-state index >= 15 is 0 Å². The second-order valence-electron chi connectivity index (χ2n) is 4.77. The molecule has 7 nitrogen and oxygen atoms in total. The number of ether oxygens (including phenoxy) is 3. The zero-order valence-corrected chi connectivity index (χ0v) is 14.2. The van der Waals surface area contributed by atoms with Gasteiger partial charge in [-0.2, -0.15) is 0 Å². The first-order valence-electron chi connectivity index (χ1n) is 6.91. The normalized spacial score (nSPS) is 10.7. The summed E-state index contributed by atoms with van der Waals surface area (Å²) in [6, 6.07) is 5.29. The summed E-state index contributed by atoms with van der Waals surface area (Å²) in [7, 11) is 3.12.